The Labute approximate surface area is 184 Å². The number of benzene rings is 2. The lowest BCUT2D eigenvalue weighted by Gasteiger charge is -2.15. The number of pyridine rings is 1. The SMILES string of the molecule is C[C@@H](NC(=O)c1ncccc1NC(=O)OCC1c2ccccc2-c2ccccc21)C(=O)O. The van der Waals surface area contributed by atoms with E-state index in [1.165, 1.54) is 19.2 Å². The van der Waals surface area contributed by atoms with Crippen molar-refractivity contribution >= 4 is 23.7 Å². The summed E-state index contributed by atoms with van der Waals surface area (Å²) >= 11 is 0. The van der Waals surface area contributed by atoms with Crippen LogP contribution >= 0.6 is 0 Å². The number of carboxylic acid groups (broad SMARTS) is 1. The number of aromatic nitrogens is 1. The van der Waals surface area contributed by atoms with Crippen molar-refractivity contribution in [1.29, 1.82) is 0 Å². The second kappa shape index (κ2) is 8.89. The van der Waals surface area contributed by atoms with E-state index in [9.17, 15) is 14.4 Å². The summed E-state index contributed by atoms with van der Waals surface area (Å²) in [6.45, 7) is 1.46. The minimum Gasteiger partial charge on any atom is -0.480 e. The van der Waals surface area contributed by atoms with Crippen LogP contribution in [0.4, 0.5) is 10.5 Å². The molecule has 1 heterocycles. The van der Waals surface area contributed by atoms with Gasteiger partial charge in [-0.15, -0.1) is 0 Å². The Balaban J connectivity index is 1.46. The largest absolute Gasteiger partial charge is 0.480 e. The standard InChI is InChI=1S/C24H21N3O5/c1-14(23(29)30)26-22(28)21-20(11-6-12-25-21)27-24(31)32-13-19-17-9-4-2-7-15(17)16-8-3-5-10-18(16)19/h2-12,14,19H,13H2,1H3,(H,26,28)(H,27,31)(H,29,30)/t14-/m1/s1. The van der Waals surface area contributed by atoms with Gasteiger partial charge < -0.3 is 15.2 Å². The van der Waals surface area contributed by atoms with Gasteiger partial charge in [0.25, 0.3) is 5.91 Å². The topological polar surface area (TPSA) is 118 Å². The predicted octanol–water partition coefficient (Wildman–Crippen LogP) is 3.65. The summed E-state index contributed by atoms with van der Waals surface area (Å²) in [5.74, 6) is -1.99. The Morgan fingerprint density at radius 3 is 2.25 bits per heavy atom. The third-order valence-electron chi connectivity index (χ3n) is 5.32. The highest BCUT2D eigenvalue weighted by molar-refractivity contribution is 6.02. The zero-order valence-electron chi connectivity index (χ0n) is 17.2. The number of anilines is 1. The molecule has 3 N–H and O–H groups in total. The summed E-state index contributed by atoms with van der Waals surface area (Å²) in [6, 6.07) is 17.9. The van der Waals surface area contributed by atoms with Crippen LogP contribution in [0.1, 0.15) is 34.5 Å². The van der Waals surface area contributed by atoms with Crippen molar-refractivity contribution in [3.63, 3.8) is 0 Å². The first-order valence-electron chi connectivity index (χ1n) is 10.1. The molecule has 0 saturated carbocycles. The molecule has 32 heavy (non-hydrogen) atoms. The van der Waals surface area contributed by atoms with Crippen molar-refractivity contribution < 1.29 is 24.2 Å². The van der Waals surface area contributed by atoms with E-state index in [4.69, 9.17) is 9.84 Å². The minimum atomic E-state index is -1.18. The fourth-order valence-electron chi connectivity index (χ4n) is 3.76. The summed E-state index contributed by atoms with van der Waals surface area (Å²) in [7, 11) is 0. The van der Waals surface area contributed by atoms with Crippen molar-refractivity contribution in [2.45, 2.75) is 18.9 Å². The van der Waals surface area contributed by atoms with Gasteiger partial charge in [0.15, 0.2) is 5.69 Å². The molecule has 1 aliphatic carbocycles. The maximum absolute atomic E-state index is 12.5. The Morgan fingerprint density at radius 2 is 1.62 bits per heavy atom. The molecule has 0 unspecified atom stereocenters. The molecule has 0 saturated heterocycles. The zero-order valence-corrected chi connectivity index (χ0v) is 17.2. The lowest BCUT2D eigenvalue weighted by atomic mass is 9.98. The Kier molecular flexibility index (Phi) is 5.85. The van der Waals surface area contributed by atoms with Gasteiger partial charge in [0.05, 0.1) is 5.69 Å². The molecule has 8 heteroatoms. The first kappa shape index (κ1) is 21.0. The van der Waals surface area contributed by atoms with Gasteiger partial charge >= 0.3 is 12.1 Å². The quantitative estimate of drug-likeness (QED) is 0.548. The van der Waals surface area contributed by atoms with Gasteiger partial charge in [-0.2, -0.15) is 0 Å². The van der Waals surface area contributed by atoms with Crippen LogP contribution < -0.4 is 10.6 Å². The van der Waals surface area contributed by atoms with Gasteiger partial charge in [-0.05, 0) is 41.3 Å². The van der Waals surface area contributed by atoms with Crippen LogP contribution in [0, 0.1) is 0 Å². The maximum atomic E-state index is 12.5. The zero-order chi connectivity index (χ0) is 22.7. The molecule has 1 atom stereocenters. The molecule has 3 aromatic rings. The minimum absolute atomic E-state index is 0.0961. The summed E-state index contributed by atoms with van der Waals surface area (Å²) in [4.78, 5) is 39.8. The molecule has 1 aromatic heterocycles. The number of aliphatic carboxylic acids is 1. The van der Waals surface area contributed by atoms with Gasteiger partial charge in [-0.1, -0.05) is 48.5 Å². The van der Waals surface area contributed by atoms with Gasteiger partial charge in [0.1, 0.15) is 12.6 Å². The second-order valence-electron chi connectivity index (χ2n) is 7.38. The number of carboxylic acids is 1. The van der Waals surface area contributed by atoms with Crippen molar-refractivity contribution in [3.05, 3.63) is 83.7 Å². The second-order valence-corrected chi connectivity index (χ2v) is 7.38. The van der Waals surface area contributed by atoms with Crippen LogP contribution in [0.5, 0.6) is 0 Å². The number of amides is 2. The third-order valence-corrected chi connectivity index (χ3v) is 5.32. The Bertz CT molecular complexity index is 1150. The molecule has 2 amide bonds. The molecule has 0 bridgehead atoms. The van der Waals surface area contributed by atoms with Crippen LogP contribution in [0.3, 0.4) is 0 Å². The number of nitrogens with one attached hydrogen (secondary N) is 2. The fourth-order valence-corrected chi connectivity index (χ4v) is 3.76. The van der Waals surface area contributed by atoms with E-state index in [1.807, 2.05) is 48.5 Å². The van der Waals surface area contributed by atoms with E-state index in [0.29, 0.717) is 0 Å². The van der Waals surface area contributed by atoms with Crippen LogP contribution in [0.2, 0.25) is 0 Å². The van der Waals surface area contributed by atoms with E-state index < -0.39 is 24.0 Å². The Morgan fingerprint density at radius 1 is 1.00 bits per heavy atom. The number of ether oxygens (including phenoxy) is 1. The number of hydrogen-bond donors (Lipinski definition) is 3. The van der Waals surface area contributed by atoms with Crippen LogP contribution in [-0.4, -0.2) is 40.7 Å². The summed E-state index contributed by atoms with van der Waals surface area (Å²) in [5, 5.41) is 13.8. The van der Waals surface area contributed by atoms with Gasteiger partial charge in [0, 0.05) is 12.1 Å². The van der Waals surface area contributed by atoms with Gasteiger partial charge in [0.2, 0.25) is 0 Å². The number of hydrogen-bond acceptors (Lipinski definition) is 5. The van der Waals surface area contributed by atoms with Crippen molar-refractivity contribution in [1.82, 2.24) is 10.3 Å². The molecule has 0 fully saturated rings. The van der Waals surface area contributed by atoms with Crippen molar-refractivity contribution in [2.24, 2.45) is 0 Å². The number of rotatable bonds is 6. The van der Waals surface area contributed by atoms with Crippen molar-refractivity contribution in [3.8, 4) is 11.1 Å². The van der Waals surface area contributed by atoms with E-state index >= 15 is 0 Å². The smallest absolute Gasteiger partial charge is 0.411 e. The number of nitrogens with zero attached hydrogens (tertiary/aromatic N) is 1. The van der Waals surface area contributed by atoms with Crippen molar-refractivity contribution in [2.75, 3.05) is 11.9 Å². The first-order chi connectivity index (χ1) is 15.5. The van der Waals surface area contributed by atoms with E-state index in [0.717, 1.165) is 22.3 Å². The summed E-state index contributed by atoms with van der Waals surface area (Å²) < 4.78 is 5.49. The third kappa shape index (κ3) is 4.15. The lowest BCUT2D eigenvalue weighted by Crippen LogP contribution is -2.39. The summed E-state index contributed by atoms with van der Waals surface area (Å²) in [5.41, 5.74) is 4.44. The highest BCUT2D eigenvalue weighted by Crippen LogP contribution is 2.44. The highest BCUT2D eigenvalue weighted by Gasteiger charge is 2.29. The molecule has 0 radical (unpaired) electrons. The van der Waals surface area contributed by atoms with E-state index in [-0.39, 0.29) is 23.9 Å². The molecule has 4 rings (SSSR count). The molecule has 0 spiro atoms. The predicted molar refractivity (Wildman–Crippen MR) is 117 cm³/mol. The average Bonchev–Trinajstić information content (AvgIpc) is 3.11. The molecule has 1 aliphatic rings. The van der Waals surface area contributed by atoms with Gasteiger partial charge in [-0.25, -0.2) is 9.78 Å². The molecule has 0 aliphatic heterocycles. The normalized spacial score (nSPS) is 12.9. The molecule has 2 aromatic carbocycles. The lowest BCUT2D eigenvalue weighted by molar-refractivity contribution is -0.138. The molecular weight excluding hydrogens is 410 g/mol. The molecule has 8 nitrogen and oxygen atoms in total. The van der Waals surface area contributed by atoms with Crippen LogP contribution in [-0.2, 0) is 9.53 Å². The summed E-state index contributed by atoms with van der Waals surface area (Å²) in [6.07, 6.45) is 0.642. The Hall–Kier alpha value is -4.20. The highest BCUT2D eigenvalue weighted by atomic mass is 16.5. The van der Waals surface area contributed by atoms with Gasteiger partial charge in [-0.3, -0.25) is 14.9 Å². The number of carbonyl (C=O) groups excluding carboxylic acids is 2. The maximum Gasteiger partial charge on any atom is 0.411 e. The number of carbonyl (C=O) groups is 3. The van der Waals surface area contributed by atoms with E-state index in [1.54, 1.807) is 6.07 Å². The average molecular weight is 431 g/mol. The first-order valence-corrected chi connectivity index (χ1v) is 10.1. The molecule has 162 valence electrons. The van der Waals surface area contributed by atoms with E-state index in [2.05, 4.69) is 15.6 Å². The number of fused-ring (bicyclic) bond motifs is 3. The van der Waals surface area contributed by atoms with Crippen LogP contribution in [0.15, 0.2) is 66.9 Å². The van der Waals surface area contributed by atoms with Crippen LogP contribution in [0.25, 0.3) is 11.1 Å². The monoisotopic (exact) mass is 431 g/mol. The fraction of sp³-hybridized carbons (Fsp3) is 0.167. The molecular formula is C24H21N3O5.